The molecule has 0 aliphatic carbocycles. The van der Waals surface area contributed by atoms with Gasteiger partial charge in [0, 0.05) is 32.8 Å². The summed E-state index contributed by atoms with van der Waals surface area (Å²) in [7, 11) is 1.15. The fourth-order valence-electron chi connectivity index (χ4n) is 3.46. The lowest BCUT2D eigenvalue weighted by Crippen LogP contribution is -2.59. The average Bonchev–Trinajstić information content (AvgIpc) is 2.89. The molecule has 2 amide bonds. The van der Waals surface area contributed by atoms with Crippen molar-refractivity contribution >= 4 is 55.0 Å². The maximum atomic E-state index is 14.4. The van der Waals surface area contributed by atoms with Crippen LogP contribution in [0.1, 0.15) is 26.3 Å². The van der Waals surface area contributed by atoms with E-state index >= 15 is 0 Å². The van der Waals surface area contributed by atoms with E-state index < -0.39 is 73.2 Å². The van der Waals surface area contributed by atoms with Crippen LogP contribution in [0.4, 0.5) is 59.7 Å². The molecule has 0 saturated carbocycles. The topological polar surface area (TPSA) is 49.4 Å². The number of carbonyl (C=O) groups is 2. The van der Waals surface area contributed by atoms with Crippen LogP contribution in [0.25, 0.3) is 0 Å². The molecule has 17 heteroatoms. The van der Waals surface area contributed by atoms with Crippen LogP contribution in [0, 0.1) is 11.6 Å². The quantitative estimate of drug-likeness (QED) is 0.246. The standard InChI is InChI=1S/C25H13Br2F11N2O2/c1-40(21(42)18-16(28)6-3-7-17(18)29)13-5-2-4-11(8-13)20(41)39-19-14(26)9-12(10-15(19)27)22(30,31)23(32,33)24(34,35)25(36,37)38/h2-10H,1H3,(H,39,41). The number of nitrogens with zero attached hydrogens (tertiary/aromatic N) is 1. The number of rotatable bonds is 7. The minimum Gasteiger partial charge on any atom is -0.320 e. The predicted molar refractivity (Wildman–Crippen MR) is 135 cm³/mol. The van der Waals surface area contributed by atoms with Crippen molar-refractivity contribution in [3.8, 4) is 0 Å². The number of hydrogen-bond donors (Lipinski definition) is 1. The Morgan fingerprint density at radius 1 is 0.762 bits per heavy atom. The molecule has 0 aliphatic rings. The minimum absolute atomic E-state index is 0.0313. The van der Waals surface area contributed by atoms with Crippen molar-refractivity contribution < 1.29 is 57.9 Å². The molecule has 3 rings (SSSR count). The second-order valence-electron chi connectivity index (χ2n) is 8.50. The van der Waals surface area contributed by atoms with E-state index in [1.165, 1.54) is 18.2 Å². The number of hydrogen-bond acceptors (Lipinski definition) is 2. The first kappa shape index (κ1) is 33.3. The monoisotopic (exact) mass is 740 g/mol. The number of carbonyl (C=O) groups excluding carboxylic acids is 2. The largest absolute Gasteiger partial charge is 0.460 e. The Morgan fingerprint density at radius 2 is 1.26 bits per heavy atom. The van der Waals surface area contributed by atoms with Crippen LogP contribution in [0.15, 0.2) is 63.5 Å². The molecule has 226 valence electrons. The van der Waals surface area contributed by atoms with Gasteiger partial charge in [-0.2, -0.15) is 39.5 Å². The molecule has 0 aromatic heterocycles. The molecule has 0 radical (unpaired) electrons. The third-order valence-corrected chi connectivity index (χ3v) is 7.02. The summed E-state index contributed by atoms with van der Waals surface area (Å²) in [5.74, 6) is -24.5. The molecular formula is C25H13Br2F11N2O2. The summed E-state index contributed by atoms with van der Waals surface area (Å²) in [6.45, 7) is 0. The summed E-state index contributed by atoms with van der Waals surface area (Å²) >= 11 is 5.38. The Hall–Kier alpha value is -3.21. The number of benzene rings is 3. The molecule has 0 atom stereocenters. The van der Waals surface area contributed by atoms with Gasteiger partial charge in [0.2, 0.25) is 0 Å². The van der Waals surface area contributed by atoms with E-state index in [2.05, 4.69) is 37.2 Å². The highest BCUT2D eigenvalue weighted by molar-refractivity contribution is 9.11. The Balaban J connectivity index is 1.91. The zero-order chi connectivity index (χ0) is 32.0. The number of amides is 2. The Kier molecular flexibility index (Phi) is 9.09. The zero-order valence-corrected chi connectivity index (χ0v) is 23.5. The molecule has 0 spiro atoms. The van der Waals surface area contributed by atoms with Crippen LogP contribution in [0.2, 0.25) is 0 Å². The first-order chi connectivity index (χ1) is 19.1. The first-order valence-electron chi connectivity index (χ1n) is 11.0. The van der Waals surface area contributed by atoms with Gasteiger partial charge in [0.15, 0.2) is 0 Å². The molecule has 4 nitrogen and oxygen atoms in total. The molecule has 3 aromatic rings. The fraction of sp³-hybridized carbons (Fsp3) is 0.200. The van der Waals surface area contributed by atoms with E-state index in [-0.39, 0.29) is 23.4 Å². The maximum absolute atomic E-state index is 14.4. The molecular weight excluding hydrogens is 729 g/mol. The highest BCUT2D eigenvalue weighted by atomic mass is 79.9. The minimum atomic E-state index is -7.10. The van der Waals surface area contributed by atoms with E-state index in [9.17, 15) is 57.9 Å². The summed E-state index contributed by atoms with van der Waals surface area (Å²) in [6.07, 6.45) is -7.00. The van der Waals surface area contributed by atoms with Gasteiger partial charge in [0.05, 0.1) is 5.69 Å². The average molecular weight is 742 g/mol. The van der Waals surface area contributed by atoms with Crippen LogP contribution < -0.4 is 10.2 Å². The summed E-state index contributed by atoms with van der Waals surface area (Å²) in [6, 6.07) is 7.84. The number of nitrogens with one attached hydrogen (secondary N) is 1. The number of anilines is 2. The lowest BCUT2D eigenvalue weighted by atomic mass is 9.96. The Morgan fingerprint density at radius 3 is 1.76 bits per heavy atom. The smallest absolute Gasteiger partial charge is 0.320 e. The van der Waals surface area contributed by atoms with Crippen molar-refractivity contribution in [3.63, 3.8) is 0 Å². The van der Waals surface area contributed by atoms with Gasteiger partial charge in [0.1, 0.15) is 17.2 Å². The molecule has 0 heterocycles. The van der Waals surface area contributed by atoms with Crippen LogP contribution in [0.3, 0.4) is 0 Å². The lowest BCUT2D eigenvalue weighted by molar-refractivity contribution is -0.399. The van der Waals surface area contributed by atoms with E-state index in [0.717, 1.165) is 36.2 Å². The van der Waals surface area contributed by atoms with Crippen molar-refractivity contribution in [2.75, 3.05) is 17.3 Å². The second kappa shape index (κ2) is 11.5. The maximum Gasteiger partial charge on any atom is 0.460 e. The van der Waals surface area contributed by atoms with Gasteiger partial charge in [-0.25, -0.2) is 8.78 Å². The molecule has 42 heavy (non-hydrogen) atoms. The molecule has 0 bridgehead atoms. The first-order valence-corrected chi connectivity index (χ1v) is 12.6. The predicted octanol–water partition coefficient (Wildman–Crippen LogP) is 8.94. The lowest BCUT2D eigenvalue weighted by Gasteiger charge is -2.34. The van der Waals surface area contributed by atoms with Gasteiger partial charge in [-0.1, -0.05) is 12.1 Å². The third kappa shape index (κ3) is 5.85. The zero-order valence-electron chi connectivity index (χ0n) is 20.4. The van der Waals surface area contributed by atoms with Crippen molar-refractivity contribution in [1.82, 2.24) is 0 Å². The molecule has 3 aromatic carbocycles. The third-order valence-electron chi connectivity index (χ3n) is 5.76. The van der Waals surface area contributed by atoms with E-state index in [0.29, 0.717) is 0 Å². The summed E-state index contributed by atoms with van der Waals surface area (Å²) < 4.78 is 147. The van der Waals surface area contributed by atoms with E-state index in [4.69, 9.17) is 0 Å². The van der Waals surface area contributed by atoms with Gasteiger partial charge in [0.25, 0.3) is 11.8 Å². The summed E-state index contributed by atoms with van der Waals surface area (Å²) in [5, 5.41) is 2.20. The molecule has 0 unspecified atom stereocenters. The highest BCUT2D eigenvalue weighted by Crippen LogP contribution is 2.57. The van der Waals surface area contributed by atoms with Gasteiger partial charge in [-0.3, -0.25) is 9.59 Å². The van der Waals surface area contributed by atoms with Crippen LogP contribution >= 0.6 is 31.9 Å². The van der Waals surface area contributed by atoms with Crippen molar-refractivity contribution in [3.05, 3.63) is 91.9 Å². The van der Waals surface area contributed by atoms with Gasteiger partial charge in [-0.15, -0.1) is 0 Å². The second-order valence-corrected chi connectivity index (χ2v) is 10.2. The molecule has 0 saturated heterocycles. The Bertz CT molecular complexity index is 1500. The van der Waals surface area contributed by atoms with Gasteiger partial charge in [-0.05, 0) is 74.3 Å². The molecule has 0 fully saturated rings. The van der Waals surface area contributed by atoms with Crippen molar-refractivity contribution in [1.29, 1.82) is 0 Å². The summed E-state index contributed by atoms with van der Waals surface area (Å²) in [4.78, 5) is 26.3. The normalized spacial score (nSPS) is 12.7. The highest BCUT2D eigenvalue weighted by Gasteiger charge is 2.82. The van der Waals surface area contributed by atoms with Crippen molar-refractivity contribution in [2.24, 2.45) is 0 Å². The molecule has 1 N–H and O–H groups in total. The van der Waals surface area contributed by atoms with E-state index in [1.54, 1.807) is 0 Å². The van der Waals surface area contributed by atoms with Gasteiger partial charge < -0.3 is 10.2 Å². The van der Waals surface area contributed by atoms with Crippen LogP contribution in [-0.2, 0) is 5.92 Å². The van der Waals surface area contributed by atoms with Crippen LogP contribution in [0.5, 0.6) is 0 Å². The number of halogens is 13. The summed E-state index contributed by atoms with van der Waals surface area (Å²) in [5.41, 5.74) is -3.50. The van der Waals surface area contributed by atoms with Crippen molar-refractivity contribution in [2.45, 2.75) is 23.9 Å². The fourth-order valence-corrected chi connectivity index (χ4v) is 4.84. The van der Waals surface area contributed by atoms with E-state index in [1.807, 2.05) is 0 Å². The SMILES string of the molecule is CN(C(=O)c1c(F)cccc1F)c1cccc(C(=O)Nc2c(Br)cc(C(F)(F)C(F)(F)C(F)(F)C(F)(F)F)cc2Br)c1. The van der Waals surface area contributed by atoms with Crippen LogP contribution in [-0.4, -0.2) is 36.9 Å². The number of alkyl halides is 9. The molecule has 0 aliphatic heterocycles. The Labute approximate surface area is 245 Å². The van der Waals surface area contributed by atoms with Gasteiger partial charge >= 0.3 is 23.9 Å².